The number of nitrogens with one attached hydrogen (secondary N) is 1. The largest absolute Gasteiger partial charge is 0.310 e. The van der Waals surface area contributed by atoms with Gasteiger partial charge in [-0.3, -0.25) is 0 Å². The first-order valence-corrected chi connectivity index (χ1v) is 7.35. The monoisotopic (exact) mass is 269 g/mol. The molecule has 2 aromatic carbocycles. The minimum Gasteiger partial charge on any atom is -0.310 e. The second-order valence-electron chi connectivity index (χ2n) is 5.45. The summed E-state index contributed by atoms with van der Waals surface area (Å²) in [6.45, 7) is 0.899. The number of halogens is 1. The molecule has 3 rings (SSSR count). The highest BCUT2D eigenvalue weighted by Crippen LogP contribution is 2.39. The molecule has 0 aromatic heterocycles. The Morgan fingerprint density at radius 2 is 1.40 bits per heavy atom. The molecule has 2 heteroatoms. The summed E-state index contributed by atoms with van der Waals surface area (Å²) in [5, 5.41) is 3.38. The third kappa shape index (κ3) is 2.36. The number of benzene rings is 2. The zero-order chi connectivity index (χ0) is 13.8. The van der Waals surface area contributed by atoms with Gasteiger partial charge in [-0.2, -0.15) is 0 Å². The van der Waals surface area contributed by atoms with Crippen molar-refractivity contribution in [3.8, 4) is 0 Å². The first-order valence-electron chi connectivity index (χ1n) is 7.35. The van der Waals surface area contributed by atoms with Crippen molar-refractivity contribution < 1.29 is 4.39 Å². The van der Waals surface area contributed by atoms with Crippen molar-refractivity contribution in [3.63, 3.8) is 0 Å². The predicted molar refractivity (Wildman–Crippen MR) is 80.4 cm³/mol. The van der Waals surface area contributed by atoms with Crippen molar-refractivity contribution in [1.82, 2.24) is 5.32 Å². The van der Waals surface area contributed by atoms with Crippen molar-refractivity contribution in [2.24, 2.45) is 0 Å². The van der Waals surface area contributed by atoms with Crippen LogP contribution < -0.4 is 5.32 Å². The lowest BCUT2D eigenvalue weighted by Crippen LogP contribution is -2.48. The smallest absolute Gasteiger partial charge is 0.176 e. The predicted octanol–water partition coefficient (Wildman–Crippen LogP) is 4.04. The molecule has 1 fully saturated rings. The topological polar surface area (TPSA) is 12.0 Å². The van der Waals surface area contributed by atoms with Crippen LogP contribution in [0.5, 0.6) is 0 Å². The quantitative estimate of drug-likeness (QED) is 0.886. The van der Waals surface area contributed by atoms with Crippen molar-refractivity contribution in [1.29, 1.82) is 0 Å². The van der Waals surface area contributed by atoms with Gasteiger partial charge in [-0.15, -0.1) is 0 Å². The van der Waals surface area contributed by atoms with E-state index < -0.39 is 5.67 Å². The molecule has 0 amide bonds. The van der Waals surface area contributed by atoms with Crippen LogP contribution >= 0.6 is 0 Å². The van der Waals surface area contributed by atoms with E-state index in [0.717, 1.165) is 36.9 Å². The molecule has 1 heterocycles. The van der Waals surface area contributed by atoms with E-state index in [4.69, 9.17) is 0 Å². The van der Waals surface area contributed by atoms with E-state index in [1.165, 1.54) is 0 Å². The van der Waals surface area contributed by atoms with Gasteiger partial charge >= 0.3 is 0 Å². The first-order chi connectivity index (χ1) is 9.82. The van der Waals surface area contributed by atoms with E-state index in [1.807, 2.05) is 60.7 Å². The van der Waals surface area contributed by atoms with Crippen LogP contribution in [0.2, 0.25) is 0 Å². The molecule has 0 saturated carbocycles. The van der Waals surface area contributed by atoms with Crippen LogP contribution in [0.15, 0.2) is 60.7 Å². The van der Waals surface area contributed by atoms with Crippen LogP contribution in [0.1, 0.15) is 30.4 Å². The molecular formula is C18H20FN. The van der Waals surface area contributed by atoms with E-state index >= 15 is 4.39 Å². The normalized spacial score (nSPS) is 19.8. The van der Waals surface area contributed by atoms with Gasteiger partial charge in [0.15, 0.2) is 5.67 Å². The Hall–Kier alpha value is -1.67. The molecule has 1 atom stereocenters. The van der Waals surface area contributed by atoms with Gasteiger partial charge in [-0.05, 0) is 30.5 Å². The van der Waals surface area contributed by atoms with Crippen molar-refractivity contribution in [2.45, 2.75) is 31.0 Å². The highest BCUT2D eigenvalue weighted by molar-refractivity contribution is 5.38. The number of piperidine rings is 1. The van der Waals surface area contributed by atoms with Gasteiger partial charge in [0, 0.05) is 6.04 Å². The first kappa shape index (κ1) is 13.3. The van der Waals surface area contributed by atoms with Gasteiger partial charge in [0.2, 0.25) is 0 Å². The summed E-state index contributed by atoms with van der Waals surface area (Å²) in [5.74, 6) is 0. The fourth-order valence-electron chi connectivity index (χ4n) is 3.12. The molecule has 1 aliphatic heterocycles. The molecule has 0 spiro atoms. The van der Waals surface area contributed by atoms with Crippen LogP contribution in [0.4, 0.5) is 4.39 Å². The van der Waals surface area contributed by atoms with E-state index in [9.17, 15) is 0 Å². The van der Waals surface area contributed by atoms with Gasteiger partial charge in [0.05, 0.1) is 0 Å². The van der Waals surface area contributed by atoms with Crippen LogP contribution in [0.3, 0.4) is 0 Å². The third-order valence-electron chi connectivity index (χ3n) is 4.18. The molecule has 1 nitrogen and oxygen atoms in total. The van der Waals surface area contributed by atoms with Crippen molar-refractivity contribution in [3.05, 3.63) is 71.8 Å². The molecule has 104 valence electrons. The summed E-state index contributed by atoms with van der Waals surface area (Å²) in [7, 11) is 0. The lowest BCUT2D eigenvalue weighted by molar-refractivity contribution is 0.130. The summed E-state index contributed by atoms with van der Waals surface area (Å²) < 4.78 is 16.1. The Bertz CT molecular complexity index is 492. The summed E-state index contributed by atoms with van der Waals surface area (Å²) in [6.07, 6.45) is 3.10. The summed E-state index contributed by atoms with van der Waals surface area (Å²) in [5.41, 5.74) is 0.0272. The maximum absolute atomic E-state index is 16.1. The highest BCUT2D eigenvalue weighted by atomic mass is 19.1. The zero-order valence-corrected chi connectivity index (χ0v) is 11.6. The van der Waals surface area contributed by atoms with Gasteiger partial charge in [-0.1, -0.05) is 67.1 Å². The average molecular weight is 269 g/mol. The SMILES string of the molecule is FC(c1ccccc1)(c1ccccc1)C1CCCCN1. The molecule has 1 aliphatic rings. The molecule has 20 heavy (non-hydrogen) atoms. The van der Waals surface area contributed by atoms with Gasteiger partial charge in [0.25, 0.3) is 0 Å². The van der Waals surface area contributed by atoms with Crippen molar-refractivity contribution >= 4 is 0 Å². The second kappa shape index (κ2) is 5.76. The van der Waals surface area contributed by atoms with Gasteiger partial charge in [-0.25, -0.2) is 4.39 Å². The average Bonchev–Trinajstić information content (AvgIpc) is 2.56. The van der Waals surface area contributed by atoms with Gasteiger partial charge < -0.3 is 5.32 Å². The number of alkyl halides is 1. The maximum atomic E-state index is 16.1. The van der Waals surface area contributed by atoms with Gasteiger partial charge in [0.1, 0.15) is 0 Å². The van der Waals surface area contributed by atoms with E-state index in [1.54, 1.807) is 0 Å². The number of hydrogen-bond donors (Lipinski definition) is 1. The highest BCUT2D eigenvalue weighted by Gasteiger charge is 2.42. The molecule has 2 aromatic rings. The Kier molecular flexibility index (Phi) is 3.83. The van der Waals surface area contributed by atoms with E-state index in [0.29, 0.717) is 0 Å². The third-order valence-corrected chi connectivity index (χ3v) is 4.18. The fourth-order valence-corrected chi connectivity index (χ4v) is 3.12. The lowest BCUT2D eigenvalue weighted by Gasteiger charge is -2.37. The molecular weight excluding hydrogens is 249 g/mol. The summed E-state index contributed by atoms with van der Waals surface area (Å²) in [6, 6.07) is 18.9. The molecule has 0 radical (unpaired) electrons. The molecule has 0 aliphatic carbocycles. The number of hydrogen-bond acceptors (Lipinski definition) is 1. The molecule has 1 unspecified atom stereocenters. The molecule has 0 bridgehead atoms. The number of rotatable bonds is 3. The van der Waals surface area contributed by atoms with Crippen molar-refractivity contribution in [2.75, 3.05) is 6.54 Å². The Morgan fingerprint density at radius 1 is 0.850 bits per heavy atom. The molecule has 1 saturated heterocycles. The zero-order valence-electron chi connectivity index (χ0n) is 11.6. The minimum absolute atomic E-state index is 0.152. The van der Waals surface area contributed by atoms with Crippen LogP contribution in [0, 0.1) is 0 Å². The lowest BCUT2D eigenvalue weighted by atomic mass is 9.78. The second-order valence-corrected chi connectivity index (χ2v) is 5.45. The standard InChI is InChI=1S/C18H20FN/c19-18(15-9-3-1-4-10-15,16-11-5-2-6-12-16)17-13-7-8-14-20-17/h1-6,9-12,17,20H,7-8,13-14H2. The van der Waals surface area contributed by atoms with Crippen LogP contribution in [-0.2, 0) is 5.67 Å². The fraction of sp³-hybridized carbons (Fsp3) is 0.333. The summed E-state index contributed by atoms with van der Waals surface area (Å²) in [4.78, 5) is 0. The molecule has 1 N–H and O–H groups in total. The van der Waals surface area contributed by atoms with E-state index in [2.05, 4.69) is 5.32 Å². The van der Waals surface area contributed by atoms with E-state index in [-0.39, 0.29) is 6.04 Å². The Labute approximate surface area is 119 Å². The van der Waals surface area contributed by atoms with Crippen LogP contribution in [0.25, 0.3) is 0 Å². The minimum atomic E-state index is -1.46. The Morgan fingerprint density at radius 3 is 1.85 bits per heavy atom. The summed E-state index contributed by atoms with van der Waals surface area (Å²) >= 11 is 0. The maximum Gasteiger partial charge on any atom is 0.176 e. The Balaban J connectivity index is 2.07. The van der Waals surface area contributed by atoms with Crippen LogP contribution in [-0.4, -0.2) is 12.6 Å².